The number of hydrogen-bond acceptors (Lipinski definition) is 6. The van der Waals surface area contributed by atoms with Gasteiger partial charge >= 0.3 is 0 Å². The lowest BCUT2D eigenvalue weighted by Crippen LogP contribution is -2.32. The van der Waals surface area contributed by atoms with E-state index in [1.54, 1.807) is 37.6 Å². The maximum atomic E-state index is 12.9. The number of hydrogen-bond donors (Lipinski definition) is 2. The Hall–Kier alpha value is -3.78. The second-order valence-electron chi connectivity index (χ2n) is 7.76. The zero-order valence-corrected chi connectivity index (χ0v) is 18.5. The Kier molecular flexibility index (Phi) is 7.26. The Bertz CT molecular complexity index is 1080. The number of nitrogens with zero attached hydrogens (tertiary/aromatic N) is 1. The molecule has 0 aliphatic carbocycles. The smallest absolute Gasteiger partial charge is 0.251 e. The van der Waals surface area contributed by atoms with Gasteiger partial charge in [0.05, 0.1) is 32.6 Å². The van der Waals surface area contributed by atoms with Gasteiger partial charge in [-0.05, 0) is 42.0 Å². The molecule has 33 heavy (non-hydrogen) atoms. The maximum Gasteiger partial charge on any atom is 0.251 e. The first-order valence-corrected chi connectivity index (χ1v) is 10.9. The zero-order valence-electron chi connectivity index (χ0n) is 18.5. The van der Waals surface area contributed by atoms with Gasteiger partial charge in [-0.3, -0.25) is 14.5 Å². The van der Waals surface area contributed by atoms with Crippen molar-refractivity contribution in [3.8, 4) is 11.5 Å². The highest BCUT2D eigenvalue weighted by Gasteiger charge is 2.16. The van der Waals surface area contributed by atoms with Gasteiger partial charge < -0.3 is 24.5 Å². The van der Waals surface area contributed by atoms with E-state index >= 15 is 0 Å². The fourth-order valence-corrected chi connectivity index (χ4v) is 3.60. The van der Waals surface area contributed by atoms with Gasteiger partial charge in [-0.15, -0.1) is 0 Å². The lowest BCUT2D eigenvalue weighted by Gasteiger charge is -2.21. The highest BCUT2D eigenvalue weighted by molar-refractivity contribution is 5.94. The molecule has 0 saturated carbocycles. The minimum Gasteiger partial charge on any atom is -0.490 e. The van der Waals surface area contributed by atoms with Crippen LogP contribution in [0, 0.1) is 0 Å². The number of fused-ring (bicyclic) bond motifs is 1. The van der Waals surface area contributed by atoms with E-state index in [1.165, 1.54) is 0 Å². The second kappa shape index (κ2) is 10.7. The van der Waals surface area contributed by atoms with Gasteiger partial charge in [0.15, 0.2) is 11.5 Å². The second-order valence-corrected chi connectivity index (χ2v) is 7.76. The third-order valence-electron chi connectivity index (χ3n) is 5.21. The van der Waals surface area contributed by atoms with Crippen LogP contribution in [0.3, 0.4) is 0 Å². The summed E-state index contributed by atoms with van der Waals surface area (Å²) in [5.74, 6) is 1.79. The van der Waals surface area contributed by atoms with E-state index in [-0.39, 0.29) is 18.4 Å². The van der Waals surface area contributed by atoms with Crippen LogP contribution in [-0.4, -0.2) is 43.5 Å². The van der Waals surface area contributed by atoms with Crippen LogP contribution in [0.5, 0.6) is 11.5 Å². The van der Waals surface area contributed by atoms with Gasteiger partial charge in [0.1, 0.15) is 5.76 Å². The molecule has 2 heterocycles. The van der Waals surface area contributed by atoms with E-state index in [0.717, 1.165) is 17.7 Å². The van der Waals surface area contributed by atoms with Crippen LogP contribution in [0.4, 0.5) is 5.69 Å². The largest absolute Gasteiger partial charge is 0.490 e. The Morgan fingerprint density at radius 1 is 0.970 bits per heavy atom. The molecule has 1 aromatic heterocycles. The van der Waals surface area contributed by atoms with Crippen molar-refractivity contribution in [2.24, 2.45) is 0 Å². The zero-order chi connectivity index (χ0) is 23.0. The normalized spacial score (nSPS) is 12.8. The SMILES string of the molecule is CNC(=O)c1ccc(CN(CC(=O)Nc2ccc3c(c2)OCCCO3)Cc2ccco2)cc1. The fraction of sp³-hybridized carbons (Fsp3) is 0.280. The van der Waals surface area contributed by atoms with Crippen LogP contribution in [0.2, 0.25) is 0 Å². The van der Waals surface area contributed by atoms with E-state index in [1.807, 2.05) is 35.2 Å². The summed E-state index contributed by atoms with van der Waals surface area (Å²) in [5, 5.41) is 5.55. The number of nitrogens with one attached hydrogen (secondary N) is 2. The predicted octanol–water partition coefficient (Wildman–Crippen LogP) is 3.44. The number of benzene rings is 2. The van der Waals surface area contributed by atoms with E-state index in [2.05, 4.69) is 10.6 Å². The lowest BCUT2D eigenvalue weighted by molar-refractivity contribution is -0.117. The van der Waals surface area contributed by atoms with E-state index in [0.29, 0.717) is 49.1 Å². The number of carbonyl (C=O) groups is 2. The molecule has 1 aliphatic heterocycles. The summed E-state index contributed by atoms with van der Waals surface area (Å²) in [4.78, 5) is 26.6. The average Bonchev–Trinajstić information content (AvgIpc) is 3.21. The van der Waals surface area contributed by atoms with Crippen molar-refractivity contribution in [1.29, 1.82) is 0 Å². The molecule has 8 heteroatoms. The number of amides is 2. The highest BCUT2D eigenvalue weighted by atomic mass is 16.5. The van der Waals surface area contributed by atoms with Gasteiger partial charge in [0.25, 0.3) is 5.91 Å². The summed E-state index contributed by atoms with van der Waals surface area (Å²) in [6, 6.07) is 16.4. The molecule has 2 aromatic carbocycles. The van der Waals surface area contributed by atoms with E-state index in [9.17, 15) is 9.59 Å². The third-order valence-corrected chi connectivity index (χ3v) is 5.21. The van der Waals surface area contributed by atoms with Gasteiger partial charge in [-0.2, -0.15) is 0 Å². The van der Waals surface area contributed by atoms with Gasteiger partial charge in [-0.1, -0.05) is 12.1 Å². The van der Waals surface area contributed by atoms with Crippen LogP contribution in [-0.2, 0) is 17.9 Å². The number of ether oxygens (including phenoxy) is 2. The molecule has 0 fully saturated rings. The van der Waals surface area contributed by atoms with Crippen molar-refractivity contribution in [3.63, 3.8) is 0 Å². The van der Waals surface area contributed by atoms with Crippen molar-refractivity contribution in [1.82, 2.24) is 10.2 Å². The Morgan fingerprint density at radius 3 is 2.48 bits per heavy atom. The summed E-state index contributed by atoms with van der Waals surface area (Å²) < 4.78 is 16.8. The molecule has 0 bridgehead atoms. The maximum absolute atomic E-state index is 12.9. The molecule has 0 saturated heterocycles. The first-order chi connectivity index (χ1) is 16.1. The van der Waals surface area contributed by atoms with Crippen LogP contribution in [0.25, 0.3) is 0 Å². The summed E-state index contributed by atoms with van der Waals surface area (Å²) in [6.45, 7) is 2.35. The highest BCUT2D eigenvalue weighted by Crippen LogP contribution is 2.32. The van der Waals surface area contributed by atoms with Gasteiger partial charge in [-0.25, -0.2) is 0 Å². The molecule has 2 N–H and O–H groups in total. The van der Waals surface area contributed by atoms with Crippen molar-refractivity contribution in [2.45, 2.75) is 19.5 Å². The van der Waals surface area contributed by atoms with Crippen LogP contribution in [0.15, 0.2) is 65.3 Å². The molecule has 0 unspecified atom stereocenters. The predicted molar refractivity (Wildman–Crippen MR) is 123 cm³/mol. The molecular weight excluding hydrogens is 422 g/mol. The molecule has 8 nitrogen and oxygen atoms in total. The quantitative estimate of drug-likeness (QED) is 0.547. The standard InChI is InChI=1S/C25H27N3O5/c1-26-25(30)19-7-5-18(6-8-19)15-28(16-21-4-2-11-31-21)17-24(29)27-20-9-10-22-23(14-20)33-13-3-12-32-22/h2,4-11,14H,3,12-13,15-17H2,1H3,(H,26,30)(H,27,29). The summed E-state index contributed by atoms with van der Waals surface area (Å²) in [6.07, 6.45) is 2.44. The minimum absolute atomic E-state index is 0.136. The van der Waals surface area contributed by atoms with Crippen LogP contribution in [0.1, 0.15) is 28.1 Å². The Labute approximate surface area is 192 Å². The molecule has 0 radical (unpaired) electrons. The number of anilines is 1. The van der Waals surface area contributed by atoms with Gasteiger partial charge in [0.2, 0.25) is 5.91 Å². The first-order valence-electron chi connectivity index (χ1n) is 10.9. The fourth-order valence-electron chi connectivity index (χ4n) is 3.60. The van der Waals surface area contributed by atoms with Crippen LogP contribution < -0.4 is 20.1 Å². The van der Waals surface area contributed by atoms with Crippen molar-refractivity contribution in [2.75, 3.05) is 32.1 Å². The van der Waals surface area contributed by atoms with E-state index in [4.69, 9.17) is 13.9 Å². The molecule has 172 valence electrons. The number of carbonyl (C=O) groups excluding carboxylic acids is 2. The summed E-state index contributed by atoms with van der Waals surface area (Å²) in [7, 11) is 1.60. The molecular formula is C25H27N3O5. The van der Waals surface area contributed by atoms with Crippen molar-refractivity contribution < 1.29 is 23.5 Å². The lowest BCUT2D eigenvalue weighted by atomic mass is 10.1. The van der Waals surface area contributed by atoms with Crippen molar-refractivity contribution >= 4 is 17.5 Å². The molecule has 2 amide bonds. The molecule has 0 atom stereocenters. The van der Waals surface area contributed by atoms with E-state index < -0.39 is 0 Å². The number of furan rings is 1. The summed E-state index contributed by atoms with van der Waals surface area (Å²) in [5.41, 5.74) is 2.22. The minimum atomic E-state index is -0.155. The monoisotopic (exact) mass is 449 g/mol. The van der Waals surface area contributed by atoms with Gasteiger partial charge in [0, 0.05) is 37.3 Å². The number of rotatable bonds is 8. The molecule has 3 aromatic rings. The summed E-state index contributed by atoms with van der Waals surface area (Å²) >= 11 is 0. The third kappa shape index (κ3) is 6.14. The molecule has 0 spiro atoms. The van der Waals surface area contributed by atoms with Crippen LogP contribution >= 0.6 is 0 Å². The van der Waals surface area contributed by atoms with Crippen molar-refractivity contribution in [3.05, 3.63) is 77.7 Å². The topological polar surface area (TPSA) is 93.0 Å². The Morgan fingerprint density at radius 2 is 1.76 bits per heavy atom. The first kappa shape index (κ1) is 22.4. The average molecular weight is 450 g/mol. The Balaban J connectivity index is 1.43. The molecule has 4 rings (SSSR count). The molecule has 1 aliphatic rings.